The van der Waals surface area contributed by atoms with Gasteiger partial charge in [-0.25, -0.2) is 10.2 Å². The molecule has 0 aliphatic rings. The summed E-state index contributed by atoms with van der Waals surface area (Å²) in [6.45, 7) is 0. The molecule has 0 saturated carbocycles. The van der Waals surface area contributed by atoms with Crippen molar-refractivity contribution in [2.24, 2.45) is 5.84 Å². The molecule has 0 aliphatic heterocycles. The predicted molar refractivity (Wildman–Crippen MR) is 44.6 cm³/mol. The Bertz CT molecular complexity index is 328. The van der Waals surface area contributed by atoms with Crippen LogP contribution in [-0.2, 0) is 0 Å². The minimum Gasteiger partial charge on any atom is -0.496 e. The second-order valence-corrected chi connectivity index (χ2v) is 2.32. The van der Waals surface area contributed by atoms with Crippen molar-refractivity contribution in [3.8, 4) is 5.75 Å². The third kappa shape index (κ3) is 1.94. The Morgan fingerprint density at radius 3 is 2.85 bits per heavy atom. The number of methoxy groups -OCH3 is 1. The first-order valence-electron chi connectivity index (χ1n) is 3.53. The lowest BCUT2D eigenvalue weighted by atomic mass is 10.2. The van der Waals surface area contributed by atoms with Gasteiger partial charge in [0, 0.05) is 6.07 Å². The van der Waals surface area contributed by atoms with Crippen LogP contribution in [0.4, 0.5) is 4.39 Å². The largest absolute Gasteiger partial charge is 0.496 e. The molecule has 0 unspecified atom stereocenters. The van der Waals surface area contributed by atoms with E-state index in [4.69, 9.17) is 10.6 Å². The van der Waals surface area contributed by atoms with E-state index in [0.29, 0.717) is 0 Å². The highest BCUT2D eigenvalue weighted by molar-refractivity contribution is 5.96. The number of hydrazine groups is 1. The standard InChI is InChI=1S/C8H9FN2O2/c1-13-7-4-5(9)2-3-6(7)8(12)11-10/h2-4H,10H2,1H3,(H,11,12). The van der Waals surface area contributed by atoms with Crippen LogP contribution >= 0.6 is 0 Å². The molecule has 0 spiro atoms. The van der Waals surface area contributed by atoms with Crippen molar-refractivity contribution in [3.05, 3.63) is 29.6 Å². The summed E-state index contributed by atoms with van der Waals surface area (Å²) >= 11 is 0. The fraction of sp³-hybridized carbons (Fsp3) is 0.125. The number of carbonyl (C=O) groups is 1. The van der Waals surface area contributed by atoms with E-state index >= 15 is 0 Å². The van der Waals surface area contributed by atoms with E-state index in [1.54, 1.807) is 0 Å². The molecule has 0 heterocycles. The Morgan fingerprint density at radius 1 is 1.62 bits per heavy atom. The molecule has 5 heteroatoms. The molecule has 3 N–H and O–H groups in total. The summed E-state index contributed by atoms with van der Waals surface area (Å²) in [4.78, 5) is 11.1. The summed E-state index contributed by atoms with van der Waals surface area (Å²) in [7, 11) is 1.35. The highest BCUT2D eigenvalue weighted by Gasteiger charge is 2.10. The summed E-state index contributed by atoms with van der Waals surface area (Å²) in [5.41, 5.74) is 2.13. The molecule has 1 amide bonds. The van der Waals surface area contributed by atoms with Gasteiger partial charge in [-0.2, -0.15) is 0 Å². The van der Waals surface area contributed by atoms with Crippen molar-refractivity contribution in [3.63, 3.8) is 0 Å². The van der Waals surface area contributed by atoms with Crippen molar-refractivity contribution in [2.45, 2.75) is 0 Å². The third-order valence-electron chi connectivity index (χ3n) is 1.54. The fourth-order valence-corrected chi connectivity index (χ4v) is 0.930. The molecule has 13 heavy (non-hydrogen) atoms. The van der Waals surface area contributed by atoms with Crippen molar-refractivity contribution in [2.75, 3.05) is 7.11 Å². The zero-order chi connectivity index (χ0) is 9.84. The molecule has 1 rings (SSSR count). The van der Waals surface area contributed by atoms with Crippen LogP contribution in [0.15, 0.2) is 18.2 Å². The Kier molecular flexibility index (Phi) is 2.81. The highest BCUT2D eigenvalue weighted by atomic mass is 19.1. The number of halogens is 1. The zero-order valence-electron chi connectivity index (χ0n) is 7.00. The van der Waals surface area contributed by atoms with Crippen LogP contribution in [0.1, 0.15) is 10.4 Å². The lowest BCUT2D eigenvalue weighted by Crippen LogP contribution is -2.30. The third-order valence-corrected chi connectivity index (χ3v) is 1.54. The van der Waals surface area contributed by atoms with Crippen LogP contribution in [0.3, 0.4) is 0 Å². The van der Waals surface area contributed by atoms with Gasteiger partial charge in [-0.3, -0.25) is 10.2 Å². The first-order valence-corrected chi connectivity index (χ1v) is 3.53. The monoisotopic (exact) mass is 184 g/mol. The number of benzene rings is 1. The minimum atomic E-state index is -0.517. The molecule has 1 aromatic rings. The van der Waals surface area contributed by atoms with E-state index in [0.717, 1.165) is 12.1 Å². The average Bonchev–Trinajstić information content (AvgIpc) is 2.16. The number of nitrogen functional groups attached to an aromatic ring is 1. The Morgan fingerprint density at radius 2 is 2.31 bits per heavy atom. The van der Waals surface area contributed by atoms with Gasteiger partial charge in [-0.1, -0.05) is 0 Å². The van der Waals surface area contributed by atoms with E-state index in [1.165, 1.54) is 13.2 Å². The van der Waals surface area contributed by atoms with Crippen LogP contribution in [-0.4, -0.2) is 13.0 Å². The summed E-state index contributed by atoms with van der Waals surface area (Å²) in [5.74, 6) is 4.09. The lowest BCUT2D eigenvalue weighted by Gasteiger charge is -2.06. The number of nitrogens with two attached hydrogens (primary N) is 1. The minimum absolute atomic E-state index is 0.156. The van der Waals surface area contributed by atoms with Crippen molar-refractivity contribution >= 4 is 5.91 Å². The van der Waals surface area contributed by atoms with Gasteiger partial charge in [-0.05, 0) is 12.1 Å². The molecule has 70 valence electrons. The number of carbonyl (C=O) groups excluding carboxylic acids is 1. The number of amides is 1. The van der Waals surface area contributed by atoms with E-state index in [1.807, 2.05) is 5.43 Å². The molecule has 0 fully saturated rings. The molecule has 0 radical (unpaired) electrons. The highest BCUT2D eigenvalue weighted by Crippen LogP contribution is 2.18. The number of hydrogen-bond donors (Lipinski definition) is 2. The normalized spacial score (nSPS) is 9.46. The van der Waals surface area contributed by atoms with Gasteiger partial charge in [0.25, 0.3) is 5.91 Å². The maximum Gasteiger partial charge on any atom is 0.268 e. The van der Waals surface area contributed by atoms with Gasteiger partial charge in [0.1, 0.15) is 11.6 Å². The van der Waals surface area contributed by atoms with Crippen LogP contribution in [0.2, 0.25) is 0 Å². The Labute approximate surface area is 74.5 Å². The Hall–Kier alpha value is -1.62. The van der Waals surface area contributed by atoms with E-state index < -0.39 is 11.7 Å². The first kappa shape index (κ1) is 9.47. The SMILES string of the molecule is COc1cc(F)ccc1C(=O)NN. The summed E-state index contributed by atoms with van der Waals surface area (Å²) in [6.07, 6.45) is 0. The van der Waals surface area contributed by atoms with Gasteiger partial charge < -0.3 is 4.74 Å². The van der Waals surface area contributed by atoms with Gasteiger partial charge in [-0.15, -0.1) is 0 Å². The van der Waals surface area contributed by atoms with E-state index in [-0.39, 0.29) is 11.3 Å². The average molecular weight is 184 g/mol. The second kappa shape index (κ2) is 3.86. The molecule has 1 aromatic carbocycles. The number of rotatable bonds is 2. The number of hydrogen-bond acceptors (Lipinski definition) is 3. The van der Waals surface area contributed by atoms with Crippen molar-refractivity contribution < 1.29 is 13.9 Å². The molecular weight excluding hydrogens is 175 g/mol. The van der Waals surface area contributed by atoms with Gasteiger partial charge >= 0.3 is 0 Å². The zero-order valence-corrected chi connectivity index (χ0v) is 7.00. The smallest absolute Gasteiger partial charge is 0.268 e. The first-order chi connectivity index (χ1) is 6.19. The topological polar surface area (TPSA) is 64.3 Å². The van der Waals surface area contributed by atoms with Crippen LogP contribution in [0, 0.1) is 5.82 Å². The number of ether oxygens (including phenoxy) is 1. The van der Waals surface area contributed by atoms with Gasteiger partial charge in [0.15, 0.2) is 0 Å². The van der Waals surface area contributed by atoms with Crippen LogP contribution in [0.25, 0.3) is 0 Å². The maximum absolute atomic E-state index is 12.7. The van der Waals surface area contributed by atoms with E-state index in [9.17, 15) is 9.18 Å². The predicted octanol–water partition coefficient (Wildman–Crippen LogP) is 0.438. The molecule has 0 aliphatic carbocycles. The molecule has 0 aromatic heterocycles. The summed E-state index contributed by atoms with van der Waals surface area (Å²) in [5, 5.41) is 0. The van der Waals surface area contributed by atoms with Crippen LogP contribution in [0.5, 0.6) is 5.75 Å². The molecule has 0 saturated heterocycles. The Balaban J connectivity index is 3.13. The van der Waals surface area contributed by atoms with Crippen LogP contribution < -0.4 is 16.0 Å². The fourth-order valence-electron chi connectivity index (χ4n) is 0.930. The van der Waals surface area contributed by atoms with Gasteiger partial charge in [0.2, 0.25) is 0 Å². The molecule has 0 atom stereocenters. The molecular formula is C8H9FN2O2. The molecule has 0 bridgehead atoms. The van der Waals surface area contributed by atoms with Crippen molar-refractivity contribution in [1.82, 2.24) is 5.43 Å². The second-order valence-electron chi connectivity index (χ2n) is 2.32. The molecule has 4 nitrogen and oxygen atoms in total. The lowest BCUT2D eigenvalue weighted by molar-refractivity contribution is 0.0950. The maximum atomic E-state index is 12.7. The summed E-state index contributed by atoms with van der Waals surface area (Å²) in [6, 6.07) is 3.58. The quantitative estimate of drug-likeness (QED) is 0.398. The van der Waals surface area contributed by atoms with Gasteiger partial charge in [0.05, 0.1) is 12.7 Å². The summed E-state index contributed by atoms with van der Waals surface area (Å²) < 4.78 is 17.5. The van der Waals surface area contributed by atoms with Crippen molar-refractivity contribution in [1.29, 1.82) is 0 Å². The van der Waals surface area contributed by atoms with E-state index in [2.05, 4.69) is 0 Å². The number of nitrogens with one attached hydrogen (secondary N) is 1.